The maximum absolute atomic E-state index is 6.28. The minimum Gasteiger partial charge on any atom is -0.486 e. The monoisotopic (exact) mass is 289 g/mol. The van der Waals surface area contributed by atoms with Crippen LogP contribution in [-0.2, 0) is 0 Å². The molecular formula is C16H23N3O2. The van der Waals surface area contributed by atoms with Gasteiger partial charge in [0.15, 0.2) is 11.5 Å². The van der Waals surface area contributed by atoms with Crippen LogP contribution in [0.4, 0.5) is 11.4 Å². The zero-order valence-corrected chi connectivity index (χ0v) is 12.5. The van der Waals surface area contributed by atoms with Gasteiger partial charge in [0.25, 0.3) is 0 Å². The van der Waals surface area contributed by atoms with Gasteiger partial charge in [-0.25, -0.2) is 0 Å². The number of hydrogen-bond donors (Lipinski definition) is 1. The van der Waals surface area contributed by atoms with E-state index in [1.807, 2.05) is 6.07 Å². The zero-order chi connectivity index (χ0) is 14.4. The lowest BCUT2D eigenvalue weighted by atomic mass is 10.1. The average molecular weight is 289 g/mol. The summed E-state index contributed by atoms with van der Waals surface area (Å²) in [6.45, 7) is 6.93. The molecule has 3 aliphatic rings. The van der Waals surface area contributed by atoms with Crippen molar-refractivity contribution in [1.29, 1.82) is 0 Å². The number of anilines is 2. The third kappa shape index (κ3) is 2.20. The lowest BCUT2D eigenvalue weighted by Crippen LogP contribution is -2.55. The van der Waals surface area contributed by atoms with Crippen LogP contribution < -0.4 is 20.1 Å². The summed E-state index contributed by atoms with van der Waals surface area (Å²) in [5.74, 6) is 1.60. The second-order valence-corrected chi connectivity index (χ2v) is 6.35. The van der Waals surface area contributed by atoms with Crippen molar-refractivity contribution in [3.05, 3.63) is 12.1 Å². The van der Waals surface area contributed by atoms with Crippen molar-refractivity contribution in [2.75, 3.05) is 43.5 Å². The maximum atomic E-state index is 6.28. The first-order valence-corrected chi connectivity index (χ1v) is 7.92. The van der Waals surface area contributed by atoms with E-state index < -0.39 is 0 Å². The van der Waals surface area contributed by atoms with Crippen molar-refractivity contribution in [3.63, 3.8) is 0 Å². The van der Waals surface area contributed by atoms with E-state index in [-0.39, 0.29) is 0 Å². The molecule has 0 saturated carbocycles. The summed E-state index contributed by atoms with van der Waals surface area (Å²) in [7, 11) is 0. The van der Waals surface area contributed by atoms with Gasteiger partial charge in [0.05, 0.1) is 11.4 Å². The molecule has 2 saturated heterocycles. The van der Waals surface area contributed by atoms with E-state index in [4.69, 9.17) is 15.2 Å². The van der Waals surface area contributed by atoms with Crippen molar-refractivity contribution < 1.29 is 9.47 Å². The van der Waals surface area contributed by atoms with Crippen LogP contribution in [0.15, 0.2) is 12.1 Å². The highest BCUT2D eigenvalue weighted by atomic mass is 16.6. The SMILES string of the molecule is CC1CN2CCCC2CN1c1cc2c(cc1N)OCCO2. The molecule has 2 N–H and O–H groups in total. The number of rotatable bonds is 1. The van der Waals surface area contributed by atoms with Crippen LogP contribution in [-0.4, -0.2) is 49.8 Å². The molecule has 4 rings (SSSR count). The number of hydrogen-bond acceptors (Lipinski definition) is 5. The van der Waals surface area contributed by atoms with Crippen LogP contribution >= 0.6 is 0 Å². The van der Waals surface area contributed by atoms with E-state index in [0.717, 1.165) is 36.0 Å². The number of fused-ring (bicyclic) bond motifs is 2. The lowest BCUT2D eigenvalue weighted by molar-refractivity contribution is 0.171. The first-order chi connectivity index (χ1) is 10.2. The van der Waals surface area contributed by atoms with E-state index in [0.29, 0.717) is 25.3 Å². The van der Waals surface area contributed by atoms with Gasteiger partial charge in [0.1, 0.15) is 13.2 Å². The van der Waals surface area contributed by atoms with Crippen LogP contribution in [0.3, 0.4) is 0 Å². The molecular weight excluding hydrogens is 266 g/mol. The Labute approximate surface area is 125 Å². The van der Waals surface area contributed by atoms with Gasteiger partial charge >= 0.3 is 0 Å². The van der Waals surface area contributed by atoms with Crippen molar-refractivity contribution in [1.82, 2.24) is 4.90 Å². The molecule has 0 aliphatic carbocycles. The smallest absolute Gasteiger partial charge is 0.163 e. The lowest BCUT2D eigenvalue weighted by Gasteiger charge is -2.44. The largest absolute Gasteiger partial charge is 0.486 e. The minimum absolute atomic E-state index is 0.476. The molecule has 5 heteroatoms. The van der Waals surface area contributed by atoms with Gasteiger partial charge in [-0.2, -0.15) is 0 Å². The van der Waals surface area contributed by atoms with Crippen molar-refractivity contribution >= 4 is 11.4 Å². The van der Waals surface area contributed by atoms with Gasteiger partial charge in [-0.05, 0) is 26.3 Å². The van der Waals surface area contributed by atoms with Gasteiger partial charge in [-0.1, -0.05) is 0 Å². The first kappa shape index (κ1) is 13.1. The molecule has 114 valence electrons. The summed E-state index contributed by atoms with van der Waals surface area (Å²) < 4.78 is 11.3. The maximum Gasteiger partial charge on any atom is 0.163 e. The predicted octanol–water partition coefficient (Wildman–Crippen LogP) is 1.71. The van der Waals surface area contributed by atoms with Gasteiger partial charge in [-0.15, -0.1) is 0 Å². The van der Waals surface area contributed by atoms with E-state index >= 15 is 0 Å². The molecule has 0 radical (unpaired) electrons. The molecule has 2 unspecified atom stereocenters. The van der Waals surface area contributed by atoms with Crippen molar-refractivity contribution in [3.8, 4) is 11.5 Å². The van der Waals surface area contributed by atoms with Crippen LogP contribution in [0.1, 0.15) is 19.8 Å². The fraction of sp³-hybridized carbons (Fsp3) is 0.625. The average Bonchev–Trinajstić information content (AvgIpc) is 2.93. The Morgan fingerprint density at radius 1 is 1.14 bits per heavy atom. The molecule has 0 spiro atoms. The van der Waals surface area contributed by atoms with E-state index in [1.165, 1.54) is 19.4 Å². The third-order valence-electron chi connectivity index (χ3n) is 4.94. The Morgan fingerprint density at radius 3 is 2.71 bits per heavy atom. The highest BCUT2D eigenvalue weighted by Gasteiger charge is 2.35. The van der Waals surface area contributed by atoms with Crippen LogP contribution in [0.5, 0.6) is 11.5 Å². The van der Waals surface area contributed by atoms with Crippen LogP contribution in [0.25, 0.3) is 0 Å². The number of ether oxygens (including phenoxy) is 2. The summed E-state index contributed by atoms with van der Waals surface area (Å²) in [6.07, 6.45) is 2.62. The Kier molecular flexibility index (Phi) is 3.10. The van der Waals surface area contributed by atoms with Crippen molar-refractivity contribution in [2.45, 2.75) is 31.8 Å². The zero-order valence-electron chi connectivity index (χ0n) is 12.5. The molecule has 2 fully saturated rings. The normalized spacial score (nSPS) is 28.5. The number of nitrogen functional groups attached to an aromatic ring is 1. The van der Waals surface area contributed by atoms with Crippen molar-refractivity contribution in [2.24, 2.45) is 0 Å². The number of nitrogens with zero attached hydrogens (tertiary/aromatic N) is 2. The molecule has 0 amide bonds. The van der Waals surface area contributed by atoms with E-state index in [2.05, 4.69) is 22.8 Å². The van der Waals surface area contributed by atoms with Gasteiger partial charge in [-0.3, -0.25) is 4.90 Å². The number of nitrogens with two attached hydrogens (primary N) is 1. The summed E-state index contributed by atoms with van der Waals surface area (Å²) in [4.78, 5) is 5.06. The molecule has 21 heavy (non-hydrogen) atoms. The molecule has 0 aromatic heterocycles. The Hall–Kier alpha value is -1.62. The highest BCUT2D eigenvalue weighted by molar-refractivity contribution is 5.74. The second kappa shape index (κ2) is 4.98. The standard InChI is InChI=1S/C16H23N3O2/c1-11-9-18-4-2-3-12(18)10-19(11)14-8-16-15(7-13(14)17)20-5-6-21-16/h7-8,11-12H,2-6,9-10,17H2,1H3. The fourth-order valence-corrected chi connectivity index (χ4v) is 3.87. The number of piperazine rings is 1. The summed E-state index contributed by atoms with van der Waals surface area (Å²) in [5, 5.41) is 0. The molecule has 1 aromatic rings. The quantitative estimate of drug-likeness (QED) is 0.798. The topological polar surface area (TPSA) is 51.0 Å². The van der Waals surface area contributed by atoms with Gasteiger partial charge in [0, 0.05) is 37.3 Å². The summed E-state index contributed by atoms with van der Waals surface area (Å²) >= 11 is 0. The summed E-state index contributed by atoms with van der Waals surface area (Å²) in [5.41, 5.74) is 8.17. The van der Waals surface area contributed by atoms with Gasteiger partial charge in [0.2, 0.25) is 0 Å². The van der Waals surface area contributed by atoms with E-state index in [1.54, 1.807) is 0 Å². The van der Waals surface area contributed by atoms with E-state index in [9.17, 15) is 0 Å². The first-order valence-electron chi connectivity index (χ1n) is 7.92. The fourth-order valence-electron chi connectivity index (χ4n) is 3.87. The Morgan fingerprint density at radius 2 is 1.90 bits per heavy atom. The minimum atomic E-state index is 0.476. The highest BCUT2D eigenvalue weighted by Crippen LogP contribution is 2.40. The third-order valence-corrected chi connectivity index (χ3v) is 4.94. The molecule has 1 aromatic carbocycles. The molecule has 3 heterocycles. The predicted molar refractivity (Wildman–Crippen MR) is 83.2 cm³/mol. The van der Waals surface area contributed by atoms with Crippen LogP contribution in [0, 0.1) is 0 Å². The molecule has 5 nitrogen and oxygen atoms in total. The second-order valence-electron chi connectivity index (χ2n) is 6.35. The Bertz CT molecular complexity index is 549. The van der Waals surface area contributed by atoms with Gasteiger partial charge < -0.3 is 20.1 Å². The molecule has 0 bridgehead atoms. The van der Waals surface area contributed by atoms with Crippen LogP contribution in [0.2, 0.25) is 0 Å². The molecule has 2 atom stereocenters. The Balaban J connectivity index is 1.65. The number of benzene rings is 1. The summed E-state index contributed by atoms with van der Waals surface area (Å²) in [6, 6.07) is 5.13. The molecule has 3 aliphatic heterocycles.